The summed E-state index contributed by atoms with van der Waals surface area (Å²) in [5.41, 5.74) is 4.40. The van der Waals surface area contributed by atoms with Gasteiger partial charge in [0.25, 0.3) is 5.91 Å². The van der Waals surface area contributed by atoms with Crippen LogP contribution in [0.4, 0.5) is 0 Å². The van der Waals surface area contributed by atoms with Gasteiger partial charge < -0.3 is 15.0 Å². The van der Waals surface area contributed by atoms with Crippen LogP contribution in [-0.4, -0.2) is 50.1 Å². The van der Waals surface area contributed by atoms with Crippen molar-refractivity contribution >= 4 is 29.1 Å². The molecule has 7 heteroatoms. The lowest BCUT2D eigenvalue weighted by Crippen LogP contribution is -2.65. The van der Waals surface area contributed by atoms with E-state index in [2.05, 4.69) is 53.1 Å². The number of fused-ring (bicyclic) bond motifs is 2. The number of amides is 1. The van der Waals surface area contributed by atoms with E-state index in [0.29, 0.717) is 28.9 Å². The zero-order valence-electron chi connectivity index (χ0n) is 22.3. The number of benzene rings is 3. The molecule has 3 aromatic carbocycles. The molecule has 3 aromatic rings. The molecule has 0 radical (unpaired) electrons. The molecule has 1 saturated heterocycles. The number of rotatable bonds is 10. The number of carbonyl (C=O) groups is 1. The highest BCUT2D eigenvalue weighted by Gasteiger charge is 2.42. The summed E-state index contributed by atoms with van der Waals surface area (Å²) in [7, 11) is 1.90. The Morgan fingerprint density at radius 3 is 2.56 bits per heavy atom. The van der Waals surface area contributed by atoms with Crippen LogP contribution < -0.4 is 15.4 Å². The van der Waals surface area contributed by atoms with Crippen molar-refractivity contribution in [3.05, 3.63) is 111 Å². The number of hydrogen-bond donors (Lipinski definition) is 2. The van der Waals surface area contributed by atoms with E-state index in [9.17, 15) is 4.79 Å². The molecule has 0 spiro atoms. The van der Waals surface area contributed by atoms with Gasteiger partial charge in [0, 0.05) is 32.3 Å². The van der Waals surface area contributed by atoms with Crippen molar-refractivity contribution in [2.45, 2.75) is 37.3 Å². The van der Waals surface area contributed by atoms with Gasteiger partial charge in [0.15, 0.2) is 0 Å². The predicted molar refractivity (Wildman–Crippen MR) is 159 cm³/mol. The Morgan fingerprint density at radius 1 is 1.00 bits per heavy atom. The molecule has 2 aliphatic rings. The topological polar surface area (TPSA) is 53.6 Å². The minimum atomic E-state index is -0.208. The summed E-state index contributed by atoms with van der Waals surface area (Å²) in [6, 6.07) is 24.6. The van der Waals surface area contributed by atoms with Crippen LogP contribution in [0.25, 0.3) is 0 Å². The van der Waals surface area contributed by atoms with Gasteiger partial charge in [-0.15, -0.1) is 0 Å². The SMILES string of the molecule is CN(CCc1ccccc1)C(=O)C1=CCC2(c3ccc(CCCOc4cccc(Cl)c4Cl)cc3)CNCC1N2. The van der Waals surface area contributed by atoms with Crippen LogP contribution in [0.2, 0.25) is 10.0 Å². The molecule has 2 N–H and O–H groups in total. The molecule has 2 aliphatic heterocycles. The summed E-state index contributed by atoms with van der Waals surface area (Å²) in [6.07, 6.45) is 5.57. The second-order valence-electron chi connectivity index (χ2n) is 10.4. The van der Waals surface area contributed by atoms with Gasteiger partial charge in [-0.2, -0.15) is 0 Å². The first-order valence-corrected chi connectivity index (χ1v) is 14.3. The van der Waals surface area contributed by atoms with Crippen molar-refractivity contribution in [2.24, 2.45) is 0 Å². The average molecular weight is 565 g/mol. The number of likely N-dealkylation sites (N-methyl/N-ethyl adjacent to an activating group) is 1. The van der Waals surface area contributed by atoms with Crippen LogP contribution in [0.1, 0.15) is 29.5 Å². The molecule has 1 amide bonds. The summed E-state index contributed by atoms with van der Waals surface area (Å²) in [6.45, 7) is 2.85. The van der Waals surface area contributed by atoms with Gasteiger partial charge in [-0.25, -0.2) is 0 Å². The van der Waals surface area contributed by atoms with Crippen LogP contribution in [0, 0.1) is 0 Å². The van der Waals surface area contributed by atoms with E-state index < -0.39 is 0 Å². The Labute approximate surface area is 241 Å². The maximum absolute atomic E-state index is 13.3. The first kappa shape index (κ1) is 27.7. The Morgan fingerprint density at radius 2 is 1.77 bits per heavy atom. The molecule has 5 nitrogen and oxygen atoms in total. The molecule has 2 unspecified atom stereocenters. The highest BCUT2D eigenvalue weighted by molar-refractivity contribution is 6.42. The van der Waals surface area contributed by atoms with Crippen LogP contribution in [-0.2, 0) is 23.2 Å². The van der Waals surface area contributed by atoms with Crippen molar-refractivity contribution in [1.82, 2.24) is 15.5 Å². The number of aryl methyl sites for hydroxylation is 1. The molecular weight excluding hydrogens is 529 g/mol. The Bertz CT molecular complexity index is 1310. The van der Waals surface area contributed by atoms with Gasteiger partial charge in [0.1, 0.15) is 10.8 Å². The minimum absolute atomic E-state index is 0.00526. The fourth-order valence-electron chi connectivity index (χ4n) is 5.46. The lowest BCUT2D eigenvalue weighted by molar-refractivity contribution is -0.126. The molecule has 0 aliphatic carbocycles. The van der Waals surface area contributed by atoms with Crippen LogP contribution in [0.3, 0.4) is 0 Å². The number of piperazine rings is 1. The van der Waals surface area contributed by atoms with E-state index in [4.69, 9.17) is 27.9 Å². The maximum Gasteiger partial charge on any atom is 0.250 e. The maximum atomic E-state index is 13.3. The van der Waals surface area contributed by atoms with Gasteiger partial charge in [0.05, 0.1) is 23.2 Å². The number of carbonyl (C=O) groups excluding carboxylic acids is 1. The second-order valence-corrected chi connectivity index (χ2v) is 11.2. The van der Waals surface area contributed by atoms with Crippen LogP contribution in [0.5, 0.6) is 5.75 Å². The average Bonchev–Trinajstić information content (AvgIpc) is 2.97. The molecular formula is C32H35Cl2N3O2. The molecule has 39 heavy (non-hydrogen) atoms. The highest BCUT2D eigenvalue weighted by atomic mass is 35.5. The van der Waals surface area contributed by atoms with Crippen LogP contribution in [0.15, 0.2) is 84.4 Å². The van der Waals surface area contributed by atoms with E-state index in [0.717, 1.165) is 44.3 Å². The van der Waals surface area contributed by atoms with E-state index in [1.54, 1.807) is 6.07 Å². The Kier molecular flexibility index (Phi) is 8.93. The van der Waals surface area contributed by atoms with Crippen molar-refractivity contribution in [3.63, 3.8) is 0 Å². The third-order valence-electron chi connectivity index (χ3n) is 7.73. The summed E-state index contributed by atoms with van der Waals surface area (Å²) in [5.74, 6) is 0.729. The summed E-state index contributed by atoms with van der Waals surface area (Å²) in [5, 5.41) is 8.36. The number of hydrogen-bond acceptors (Lipinski definition) is 4. The monoisotopic (exact) mass is 563 g/mol. The standard InChI is InChI=1S/C32H35Cl2N3O2/c1-37(19-17-23-7-3-2-4-8-23)31(38)26-16-18-32(22-35-21-28(26)36-32)25-14-12-24(13-15-25)9-6-20-39-29-11-5-10-27(33)30(29)34/h2-5,7-8,10-16,28,35-36H,6,9,17-22H2,1H3. The first-order valence-electron chi connectivity index (χ1n) is 13.6. The Hall–Kier alpha value is -2.83. The smallest absolute Gasteiger partial charge is 0.250 e. The molecule has 0 aromatic heterocycles. The van der Waals surface area contributed by atoms with E-state index in [-0.39, 0.29) is 17.5 Å². The third-order valence-corrected chi connectivity index (χ3v) is 8.54. The van der Waals surface area contributed by atoms with Crippen LogP contribution >= 0.6 is 23.2 Å². The predicted octanol–water partition coefficient (Wildman–Crippen LogP) is 5.79. The van der Waals surface area contributed by atoms with Gasteiger partial charge >= 0.3 is 0 Å². The molecule has 5 rings (SSSR count). The first-order chi connectivity index (χ1) is 18.9. The van der Waals surface area contributed by atoms with E-state index >= 15 is 0 Å². The highest BCUT2D eigenvalue weighted by Crippen LogP contribution is 2.34. The molecule has 1 fully saturated rings. The fraction of sp³-hybridized carbons (Fsp3) is 0.344. The second kappa shape index (κ2) is 12.6. The van der Waals surface area contributed by atoms with Gasteiger partial charge in [0.2, 0.25) is 0 Å². The summed E-state index contributed by atoms with van der Waals surface area (Å²) >= 11 is 12.3. The van der Waals surface area contributed by atoms with Crippen molar-refractivity contribution in [1.29, 1.82) is 0 Å². The largest absolute Gasteiger partial charge is 0.492 e. The fourth-order valence-corrected chi connectivity index (χ4v) is 5.80. The normalized spacial score (nSPS) is 20.3. The van der Waals surface area contributed by atoms with Crippen molar-refractivity contribution < 1.29 is 9.53 Å². The van der Waals surface area contributed by atoms with Gasteiger partial charge in [-0.1, -0.05) is 89.9 Å². The number of nitrogens with one attached hydrogen (secondary N) is 2. The molecule has 2 heterocycles. The van der Waals surface area contributed by atoms with Crippen molar-refractivity contribution in [2.75, 3.05) is 33.3 Å². The molecule has 204 valence electrons. The number of halogens is 2. The molecule has 2 bridgehead atoms. The van der Waals surface area contributed by atoms with E-state index in [1.165, 1.54) is 16.7 Å². The zero-order chi connectivity index (χ0) is 27.2. The van der Waals surface area contributed by atoms with E-state index in [1.807, 2.05) is 42.3 Å². The van der Waals surface area contributed by atoms with Crippen molar-refractivity contribution in [3.8, 4) is 5.75 Å². The Balaban J connectivity index is 1.17. The quantitative estimate of drug-likeness (QED) is 0.306. The number of nitrogens with zero attached hydrogens (tertiary/aromatic N) is 1. The molecule has 2 atom stereocenters. The third kappa shape index (κ3) is 6.50. The number of ether oxygens (including phenoxy) is 1. The lowest BCUT2D eigenvalue weighted by atomic mass is 9.78. The van der Waals surface area contributed by atoms with Gasteiger partial charge in [-0.3, -0.25) is 10.1 Å². The zero-order valence-corrected chi connectivity index (χ0v) is 23.8. The lowest BCUT2D eigenvalue weighted by Gasteiger charge is -2.47. The summed E-state index contributed by atoms with van der Waals surface area (Å²) in [4.78, 5) is 15.2. The summed E-state index contributed by atoms with van der Waals surface area (Å²) < 4.78 is 5.82. The van der Waals surface area contributed by atoms with Gasteiger partial charge in [-0.05, 0) is 54.5 Å². The molecule has 0 saturated carbocycles. The minimum Gasteiger partial charge on any atom is -0.492 e.